The number of thiophene rings is 1. The van der Waals surface area contributed by atoms with Gasteiger partial charge in [0.2, 0.25) is 5.95 Å². The van der Waals surface area contributed by atoms with Gasteiger partial charge >= 0.3 is 0 Å². The number of methoxy groups -OCH3 is 1. The predicted molar refractivity (Wildman–Crippen MR) is 94.8 cm³/mol. The first kappa shape index (κ1) is 17.4. The van der Waals surface area contributed by atoms with E-state index in [1.165, 1.54) is 0 Å². The molecule has 3 aromatic rings. The van der Waals surface area contributed by atoms with Crippen LogP contribution in [-0.2, 0) is 11.2 Å². The summed E-state index contributed by atoms with van der Waals surface area (Å²) >= 11 is 1.68. The molecule has 0 aliphatic rings. The molecule has 0 unspecified atom stereocenters. The zero-order valence-corrected chi connectivity index (χ0v) is 14.5. The van der Waals surface area contributed by atoms with Crippen LogP contribution in [0.15, 0.2) is 36.2 Å². The number of hydrogen-bond donors (Lipinski definition) is 1. The normalized spacial score (nSPS) is 10.3. The first-order chi connectivity index (χ1) is 10.8. The average molecular weight is 352 g/mol. The molecule has 0 spiro atoms. The van der Waals surface area contributed by atoms with Crippen LogP contribution in [0.5, 0.6) is 0 Å². The molecular weight excluding hydrogens is 334 g/mol. The maximum absolute atomic E-state index is 5.23. The first-order valence-corrected chi connectivity index (χ1v) is 7.81. The summed E-state index contributed by atoms with van der Waals surface area (Å²) in [5.74, 6) is 1.42. The smallest absolute Gasteiger partial charge is 0.237 e. The summed E-state index contributed by atoms with van der Waals surface area (Å²) < 4.78 is 7.03. The molecule has 0 bridgehead atoms. The van der Waals surface area contributed by atoms with Crippen LogP contribution < -0.4 is 5.32 Å². The Labute approximate surface area is 145 Å². The highest BCUT2D eigenvalue weighted by molar-refractivity contribution is 7.13. The average Bonchev–Trinajstić information content (AvgIpc) is 3.24. The molecule has 23 heavy (non-hydrogen) atoms. The molecule has 0 radical (unpaired) electrons. The summed E-state index contributed by atoms with van der Waals surface area (Å²) in [4.78, 5) is 14.5. The lowest BCUT2D eigenvalue weighted by atomic mass is 10.1. The van der Waals surface area contributed by atoms with E-state index in [0.29, 0.717) is 12.6 Å². The van der Waals surface area contributed by atoms with E-state index in [9.17, 15) is 0 Å². The quantitative estimate of drug-likeness (QED) is 0.739. The lowest BCUT2D eigenvalue weighted by molar-refractivity contribution is 0.201. The van der Waals surface area contributed by atoms with Crippen molar-refractivity contribution in [2.24, 2.45) is 0 Å². The summed E-state index contributed by atoms with van der Waals surface area (Å²) in [5, 5.41) is 5.24. The number of hydrogen-bond acceptors (Lipinski definition) is 6. The van der Waals surface area contributed by atoms with Crippen molar-refractivity contribution in [2.75, 3.05) is 26.1 Å². The zero-order valence-electron chi connectivity index (χ0n) is 12.9. The number of anilines is 1. The van der Waals surface area contributed by atoms with Crippen LogP contribution in [0.2, 0.25) is 0 Å². The maximum Gasteiger partial charge on any atom is 0.237 e. The molecule has 0 aliphatic carbocycles. The molecule has 0 saturated heterocycles. The van der Waals surface area contributed by atoms with Crippen LogP contribution in [0, 0.1) is 0 Å². The van der Waals surface area contributed by atoms with Crippen molar-refractivity contribution in [2.45, 2.75) is 6.42 Å². The second-order valence-electron chi connectivity index (χ2n) is 4.63. The molecule has 0 saturated carbocycles. The van der Waals surface area contributed by atoms with Crippen molar-refractivity contribution in [3.8, 4) is 16.4 Å². The minimum atomic E-state index is 0. The van der Waals surface area contributed by atoms with Gasteiger partial charge in [0.1, 0.15) is 12.1 Å². The van der Waals surface area contributed by atoms with Gasteiger partial charge in [-0.3, -0.25) is 4.57 Å². The Bertz CT molecular complexity index is 731. The van der Waals surface area contributed by atoms with Crippen molar-refractivity contribution in [1.29, 1.82) is 0 Å². The van der Waals surface area contributed by atoms with Crippen molar-refractivity contribution >= 4 is 29.6 Å². The van der Waals surface area contributed by atoms with Crippen molar-refractivity contribution in [3.63, 3.8) is 0 Å². The zero-order chi connectivity index (χ0) is 15.4. The molecule has 1 N–H and O–H groups in total. The highest BCUT2D eigenvalue weighted by Crippen LogP contribution is 2.33. The Balaban J connectivity index is 0.00000192. The van der Waals surface area contributed by atoms with Crippen LogP contribution in [-0.4, -0.2) is 40.3 Å². The minimum absolute atomic E-state index is 0. The van der Waals surface area contributed by atoms with Crippen LogP contribution in [0.1, 0.15) is 5.69 Å². The van der Waals surface area contributed by atoms with E-state index >= 15 is 0 Å². The third-order valence-corrected chi connectivity index (χ3v) is 4.14. The molecule has 0 fully saturated rings. The fraction of sp³-hybridized carbons (Fsp3) is 0.267. The van der Waals surface area contributed by atoms with Crippen LogP contribution in [0.25, 0.3) is 16.4 Å². The molecular formula is C15H18ClN5OS. The van der Waals surface area contributed by atoms with Gasteiger partial charge in [-0.2, -0.15) is 4.98 Å². The number of aromatic nitrogens is 4. The van der Waals surface area contributed by atoms with Gasteiger partial charge < -0.3 is 10.1 Å². The van der Waals surface area contributed by atoms with Gasteiger partial charge in [-0.1, -0.05) is 6.07 Å². The van der Waals surface area contributed by atoms with E-state index in [2.05, 4.69) is 26.7 Å². The van der Waals surface area contributed by atoms with Crippen molar-refractivity contribution in [1.82, 2.24) is 19.5 Å². The van der Waals surface area contributed by atoms with Gasteiger partial charge in [-0.15, -0.1) is 23.7 Å². The molecule has 0 atom stereocenters. The fourth-order valence-electron chi connectivity index (χ4n) is 2.23. The fourth-order valence-corrected chi connectivity index (χ4v) is 3.02. The Morgan fingerprint density at radius 1 is 1.35 bits per heavy atom. The topological polar surface area (TPSA) is 64.9 Å². The molecule has 0 aliphatic heterocycles. The second kappa shape index (κ2) is 8.05. The maximum atomic E-state index is 5.23. The van der Waals surface area contributed by atoms with E-state index in [1.54, 1.807) is 35.5 Å². The van der Waals surface area contributed by atoms with E-state index < -0.39 is 0 Å². The second-order valence-corrected chi connectivity index (χ2v) is 5.58. The lowest BCUT2D eigenvalue weighted by Crippen LogP contribution is -2.10. The Kier molecular flexibility index (Phi) is 6.09. The van der Waals surface area contributed by atoms with E-state index in [0.717, 1.165) is 28.4 Å². The van der Waals surface area contributed by atoms with Gasteiger partial charge in [0.15, 0.2) is 0 Å². The van der Waals surface area contributed by atoms with Gasteiger partial charge in [-0.05, 0) is 11.4 Å². The highest BCUT2D eigenvalue weighted by Gasteiger charge is 2.17. The number of nitrogens with one attached hydrogen (secondary N) is 1. The third kappa shape index (κ3) is 3.69. The number of rotatable bonds is 6. The van der Waals surface area contributed by atoms with Gasteiger partial charge in [-0.25, -0.2) is 9.97 Å². The van der Waals surface area contributed by atoms with E-state index in [1.807, 2.05) is 19.3 Å². The Morgan fingerprint density at radius 2 is 2.22 bits per heavy atom. The van der Waals surface area contributed by atoms with Gasteiger partial charge in [0.25, 0.3) is 0 Å². The van der Waals surface area contributed by atoms with Crippen LogP contribution in [0.4, 0.5) is 5.82 Å². The van der Waals surface area contributed by atoms with Gasteiger partial charge in [0.05, 0.1) is 17.9 Å². The molecule has 0 aromatic carbocycles. The number of halogens is 1. The standard InChI is InChI=1S/C15H17N5OS.ClH/c1-16-14-13(12-4-3-9-22-12)11(5-8-21-2)18-15(19-14)20-7-6-17-10-20;/h3-4,6-7,9-10H,5,8H2,1-2H3,(H,16,18,19);1H. The lowest BCUT2D eigenvalue weighted by Gasteiger charge is -2.14. The predicted octanol–water partition coefficient (Wildman–Crippen LogP) is 3.04. The number of nitrogens with zero attached hydrogens (tertiary/aromatic N) is 4. The highest BCUT2D eigenvalue weighted by atomic mass is 35.5. The first-order valence-electron chi connectivity index (χ1n) is 6.93. The Morgan fingerprint density at radius 3 is 2.83 bits per heavy atom. The summed E-state index contributed by atoms with van der Waals surface area (Å²) in [6.07, 6.45) is 5.96. The summed E-state index contributed by atoms with van der Waals surface area (Å²) in [5.41, 5.74) is 2.01. The molecule has 3 rings (SSSR count). The molecule has 8 heteroatoms. The van der Waals surface area contributed by atoms with Crippen molar-refractivity contribution in [3.05, 3.63) is 41.9 Å². The van der Waals surface area contributed by atoms with E-state index in [4.69, 9.17) is 9.72 Å². The molecule has 3 heterocycles. The van der Waals surface area contributed by atoms with Crippen LogP contribution in [0.3, 0.4) is 0 Å². The summed E-state index contributed by atoms with van der Waals surface area (Å²) in [6, 6.07) is 4.11. The SMILES string of the molecule is CNc1nc(-n2ccnc2)nc(CCOC)c1-c1cccs1.Cl. The largest absolute Gasteiger partial charge is 0.384 e. The molecule has 3 aromatic heterocycles. The summed E-state index contributed by atoms with van der Waals surface area (Å²) in [7, 11) is 3.57. The third-order valence-electron chi connectivity index (χ3n) is 3.25. The van der Waals surface area contributed by atoms with Crippen LogP contribution >= 0.6 is 23.7 Å². The summed E-state index contributed by atoms with van der Waals surface area (Å²) in [6.45, 7) is 0.613. The Hall–Kier alpha value is -1.96. The van der Waals surface area contributed by atoms with Gasteiger partial charge in [0, 0.05) is 37.8 Å². The number of imidazole rings is 1. The molecule has 6 nitrogen and oxygen atoms in total. The van der Waals surface area contributed by atoms with Crippen molar-refractivity contribution < 1.29 is 4.74 Å². The minimum Gasteiger partial charge on any atom is -0.384 e. The monoisotopic (exact) mass is 351 g/mol. The molecule has 122 valence electrons. The molecule has 0 amide bonds. The van der Waals surface area contributed by atoms with E-state index in [-0.39, 0.29) is 12.4 Å². The number of ether oxygens (including phenoxy) is 1.